The molecule has 102 valence electrons. The maximum absolute atomic E-state index is 13.6. The fourth-order valence-corrected chi connectivity index (χ4v) is 1.45. The van der Waals surface area contributed by atoms with Gasteiger partial charge in [-0.2, -0.15) is 0 Å². The first-order valence-electron chi connectivity index (χ1n) is 6.09. The third kappa shape index (κ3) is 5.95. The molecule has 0 radical (unpaired) electrons. The number of rotatable bonds is 7. The number of allylic oxidation sites excluding steroid dienone is 1. The van der Waals surface area contributed by atoms with Crippen molar-refractivity contribution < 1.29 is 18.7 Å². The van der Waals surface area contributed by atoms with E-state index in [2.05, 4.69) is 0 Å². The number of Topliss-reactive ketones (excluding diaryl/α,β-unsaturated/α-hetero) is 1. The highest BCUT2D eigenvalue weighted by molar-refractivity contribution is 5.91. The first-order chi connectivity index (χ1) is 8.99. The van der Waals surface area contributed by atoms with Crippen molar-refractivity contribution in [2.24, 2.45) is 0 Å². The second-order valence-electron chi connectivity index (χ2n) is 4.29. The minimum Gasteiger partial charge on any atom is -0.491 e. The van der Waals surface area contributed by atoms with Crippen molar-refractivity contribution in [2.45, 2.75) is 26.7 Å². The molecule has 0 saturated heterocycles. The number of benzene rings is 1. The van der Waals surface area contributed by atoms with Gasteiger partial charge in [0.15, 0.2) is 17.3 Å². The summed E-state index contributed by atoms with van der Waals surface area (Å²) in [6.07, 6.45) is 3.93. The van der Waals surface area contributed by atoms with E-state index in [0.29, 0.717) is 25.0 Å². The van der Waals surface area contributed by atoms with Crippen LogP contribution in [0.15, 0.2) is 24.3 Å². The van der Waals surface area contributed by atoms with Gasteiger partial charge in [-0.1, -0.05) is 12.1 Å². The van der Waals surface area contributed by atoms with Gasteiger partial charge in [0.1, 0.15) is 5.78 Å². The summed E-state index contributed by atoms with van der Waals surface area (Å²) in [5.74, 6) is -0.323. The molecule has 1 aromatic carbocycles. The van der Waals surface area contributed by atoms with Crippen molar-refractivity contribution in [1.29, 1.82) is 0 Å². The van der Waals surface area contributed by atoms with Crippen LogP contribution in [0.5, 0.6) is 5.75 Å². The summed E-state index contributed by atoms with van der Waals surface area (Å²) < 4.78 is 18.9. The average molecular weight is 264 g/mol. The van der Waals surface area contributed by atoms with E-state index in [0.717, 1.165) is 0 Å². The monoisotopic (exact) mass is 264 g/mol. The van der Waals surface area contributed by atoms with Crippen LogP contribution >= 0.6 is 0 Å². The zero-order valence-electron chi connectivity index (χ0n) is 11.1. The third-order valence-corrected chi connectivity index (χ3v) is 2.40. The van der Waals surface area contributed by atoms with Gasteiger partial charge >= 0.3 is 0 Å². The molecule has 0 N–H and O–H groups in total. The van der Waals surface area contributed by atoms with Crippen molar-refractivity contribution in [3.05, 3.63) is 35.7 Å². The molecular formula is C15H17FO3. The van der Waals surface area contributed by atoms with Crippen LogP contribution in [0.1, 0.15) is 32.3 Å². The van der Waals surface area contributed by atoms with Crippen LogP contribution in [0.2, 0.25) is 0 Å². The first kappa shape index (κ1) is 15.1. The van der Waals surface area contributed by atoms with Crippen molar-refractivity contribution in [3.63, 3.8) is 0 Å². The lowest BCUT2D eigenvalue weighted by Crippen LogP contribution is -2.01. The van der Waals surface area contributed by atoms with Crippen molar-refractivity contribution in [3.8, 4) is 5.75 Å². The number of ketones is 2. The highest BCUT2D eigenvalue weighted by Crippen LogP contribution is 2.19. The van der Waals surface area contributed by atoms with Crippen LogP contribution in [-0.4, -0.2) is 18.2 Å². The Balaban J connectivity index is 2.57. The zero-order valence-corrected chi connectivity index (χ0v) is 11.1. The Morgan fingerprint density at radius 3 is 2.63 bits per heavy atom. The van der Waals surface area contributed by atoms with Gasteiger partial charge in [-0.15, -0.1) is 0 Å². The predicted molar refractivity (Wildman–Crippen MR) is 71.5 cm³/mol. The zero-order chi connectivity index (χ0) is 14.3. The van der Waals surface area contributed by atoms with Crippen LogP contribution in [-0.2, 0) is 9.59 Å². The SMILES string of the molecule is CC(=O)/C=C/c1ccc(OCCCC(C)=O)c(F)c1. The standard InChI is InChI=1S/C15H17FO3/c1-11(17)4-3-9-19-15-8-7-13(10-14(15)16)6-5-12(2)18/h5-8,10H,3-4,9H2,1-2H3/b6-5+. The quantitative estimate of drug-likeness (QED) is 0.561. The van der Waals surface area contributed by atoms with E-state index >= 15 is 0 Å². The molecule has 0 aliphatic rings. The molecule has 1 aromatic rings. The lowest BCUT2D eigenvalue weighted by atomic mass is 10.2. The number of hydrogen-bond donors (Lipinski definition) is 0. The summed E-state index contributed by atoms with van der Waals surface area (Å²) in [6, 6.07) is 4.49. The summed E-state index contributed by atoms with van der Waals surface area (Å²) in [5, 5.41) is 0. The van der Waals surface area contributed by atoms with Crippen molar-refractivity contribution in [1.82, 2.24) is 0 Å². The van der Waals surface area contributed by atoms with E-state index in [1.54, 1.807) is 12.1 Å². The van der Waals surface area contributed by atoms with E-state index in [1.165, 1.54) is 32.1 Å². The molecular weight excluding hydrogens is 247 g/mol. The Hall–Kier alpha value is -1.97. The topological polar surface area (TPSA) is 43.4 Å². The maximum Gasteiger partial charge on any atom is 0.165 e. The molecule has 0 spiro atoms. The first-order valence-corrected chi connectivity index (χ1v) is 6.09. The Kier molecular flexibility index (Phi) is 5.93. The minimum atomic E-state index is -0.478. The van der Waals surface area contributed by atoms with Gasteiger partial charge in [0.2, 0.25) is 0 Å². The fraction of sp³-hybridized carbons (Fsp3) is 0.333. The largest absolute Gasteiger partial charge is 0.491 e. The lowest BCUT2D eigenvalue weighted by molar-refractivity contribution is -0.117. The van der Waals surface area contributed by atoms with E-state index in [-0.39, 0.29) is 17.3 Å². The number of hydrogen-bond acceptors (Lipinski definition) is 3. The molecule has 0 bridgehead atoms. The van der Waals surface area contributed by atoms with Crippen LogP contribution in [0.25, 0.3) is 6.08 Å². The molecule has 19 heavy (non-hydrogen) atoms. The lowest BCUT2D eigenvalue weighted by Gasteiger charge is -2.07. The number of carbonyl (C=O) groups excluding carboxylic acids is 2. The Bertz CT molecular complexity index is 492. The van der Waals surface area contributed by atoms with Gasteiger partial charge < -0.3 is 9.53 Å². The molecule has 0 aliphatic heterocycles. The summed E-state index contributed by atoms with van der Waals surface area (Å²) in [4.78, 5) is 21.5. The third-order valence-electron chi connectivity index (χ3n) is 2.40. The van der Waals surface area contributed by atoms with Gasteiger partial charge in [0, 0.05) is 6.42 Å². The minimum absolute atomic E-state index is 0.0915. The van der Waals surface area contributed by atoms with E-state index < -0.39 is 5.82 Å². The fourth-order valence-electron chi connectivity index (χ4n) is 1.45. The van der Waals surface area contributed by atoms with E-state index in [4.69, 9.17) is 4.74 Å². The summed E-state index contributed by atoms with van der Waals surface area (Å²) >= 11 is 0. The van der Waals surface area contributed by atoms with Gasteiger partial charge in [-0.05, 0) is 44.0 Å². The van der Waals surface area contributed by atoms with Crippen LogP contribution in [0.3, 0.4) is 0 Å². The number of carbonyl (C=O) groups is 2. The molecule has 4 heteroatoms. The summed E-state index contributed by atoms with van der Waals surface area (Å²) in [7, 11) is 0. The molecule has 0 aromatic heterocycles. The van der Waals surface area contributed by atoms with Gasteiger partial charge in [0.05, 0.1) is 6.61 Å². The second-order valence-corrected chi connectivity index (χ2v) is 4.29. The molecule has 3 nitrogen and oxygen atoms in total. The number of halogens is 1. The highest BCUT2D eigenvalue weighted by Gasteiger charge is 2.04. The molecule has 0 amide bonds. The van der Waals surface area contributed by atoms with Crippen molar-refractivity contribution >= 4 is 17.6 Å². The van der Waals surface area contributed by atoms with Crippen molar-refractivity contribution in [2.75, 3.05) is 6.61 Å². The highest BCUT2D eigenvalue weighted by atomic mass is 19.1. The molecule has 0 saturated carbocycles. The second kappa shape index (κ2) is 7.46. The van der Waals surface area contributed by atoms with Crippen LogP contribution in [0, 0.1) is 5.82 Å². The smallest absolute Gasteiger partial charge is 0.165 e. The molecule has 0 atom stereocenters. The van der Waals surface area contributed by atoms with Crippen LogP contribution < -0.4 is 4.74 Å². The van der Waals surface area contributed by atoms with Crippen LogP contribution in [0.4, 0.5) is 4.39 Å². The normalized spacial score (nSPS) is 10.7. The predicted octanol–water partition coefficient (Wildman–Crippen LogP) is 3.18. The van der Waals surface area contributed by atoms with E-state index in [9.17, 15) is 14.0 Å². The molecule has 0 unspecified atom stereocenters. The molecule has 1 rings (SSSR count). The average Bonchev–Trinajstić information content (AvgIpc) is 2.33. The summed E-state index contributed by atoms with van der Waals surface area (Å²) in [6.45, 7) is 3.25. The Morgan fingerprint density at radius 2 is 2.05 bits per heavy atom. The Labute approximate surface area is 112 Å². The molecule has 0 heterocycles. The van der Waals surface area contributed by atoms with Gasteiger partial charge in [0.25, 0.3) is 0 Å². The van der Waals surface area contributed by atoms with Gasteiger partial charge in [-0.3, -0.25) is 4.79 Å². The Morgan fingerprint density at radius 1 is 1.32 bits per heavy atom. The van der Waals surface area contributed by atoms with E-state index in [1.807, 2.05) is 0 Å². The molecule has 0 aliphatic carbocycles. The summed E-state index contributed by atoms with van der Waals surface area (Å²) in [5.41, 5.74) is 0.601. The molecule has 0 fully saturated rings. The maximum atomic E-state index is 13.6. The number of ether oxygens (including phenoxy) is 1. The van der Waals surface area contributed by atoms with Gasteiger partial charge in [-0.25, -0.2) is 4.39 Å².